The summed E-state index contributed by atoms with van der Waals surface area (Å²) in [6.07, 6.45) is -4.04. The number of nitrogens with zero attached hydrogens (tertiary/aromatic N) is 3. The quantitative estimate of drug-likeness (QED) is 0.443. The summed E-state index contributed by atoms with van der Waals surface area (Å²) in [4.78, 5) is 20.7. The molecule has 8 heteroatoms. The Balaban J connectivity index is 1.30. The van der Waals surface area contributed by atoms with E-state index in [4.69, 9.17) is 0 Å². The van der Waals surface area contributed by atoms with Crippen molar-refractivity contribution in [1.82, 2.24) is 9.80 Å². The van der Waals surface area contributed by atoms with Gasteiger partial charge >= 0.3 is 6.18 Å². The lowest BCUT2D eigenvalue weighted by molar-refractivity contribution is -0.137. The minimum Gasteiger partial charge on any atom is -0.369 e. The van der Waals surface area contributed by atoms with Crippen LogP contribution in [0.2, 0.25) is 0 Å². The summed E-state index contributed by atoms with van der Waals surface area (Å²) >= 11 is 1.55. The first-order valence-corrected chi connectivity index (χ1v) is 13.2. The van der Waals surface area contributed by atoms with Crippen molar-refractivity contribution in [1.29, 1.82) is 0 Å². The van der Waals surface area contributed by atoms with Crippen molar-refractivity contribution in [3.63, 3.8) is 0 Å². The van der Waals surface area contributed by atoms with E-state index in [1.165, 1.54) is 17.8 Å². The molecule has 0 bridgehead atoms. The zero-order valence-electron chi connectivity index (χ0n) is 20.0. The first-order chi connectivity index (χ1) is 17.4. The maximum absolute atomic E-state index is 13.4. The Bertz CT molecular complexity index is 1140. The van der Waals surface area contributed by atoms with Crippen molar-refractivity contribution >= 4 is 22.9 Å². The normalized spacial score (nSPS) is 21.2. The van der Waals surface area contributed by atoms with E-state index in [1.807, 2.05) is 40.6 Å². The van der Waals surface area contributed by atoms with Gasteiger partial charge in [0.2, 0.25) is 5.91 Å². The predicted octanol–water partition coefficient (Wildman–Crippen LogP) is 5.37. The van der Waals surface area contributed by atoms with Crippen LogP contribution < -0.4 is 4.90 Å². The molecule has 0 saturated carbocycles. The van der Waals surface area contributed by atoms with E-state index in [0.717, 1.165) is 43.7 Å². The molecule has 2 saturated heterocycles. The highest BCUT2D eigenvalue weighted by Crippen LogP contribution is 2.37. The van der Waals surface area contributed by atoms with Gasteiger partial charge in [-0.3, -0.25) is 9.69 Å². The van der Waals surface area contributed by atoms with E-state index in [9.17, 15) is 18.0 Å². The van der Waals surface area contributed by atoms with Crippen LogP contribution in [0.25, 0.3) is 0 Å². The SMILES string of the molecule is O=C(Cc1cccs1)N1CC(CN2CCN(c3ccccc3)CC2)C(c2cccc(C(F)(F)F)c2)C1. The zero-order chi connectivity index (χ0) is 25.1. The van der Waals surface area contributed by atoms with Crippen LogP contribution in [0, 0.1) is 5.92 Å². The molecule has 2 aromatic carbocycles. The highest BCUT2D eigenvalue weighted by atomic mass is 32.1. The van der Waals surface area contributed by atoms with Crippen molar-refractivity contribution in [2.75, 3.05) is 50.7 Å². The van der Waals surface area contributed by atoms with E-state index in [0.29, 0.717) is 25.1 Å². The fourth-order valence-electron chi connectivity index (χ4n) is 5.42. The summed E-state index contributed by atoms with van der Waals surface area (Å²) in [5.74, 6) is 0.0154. The van der Waals surface area contributed by atoms with E-state index in [2.05, 4.69) is 21.9 Å². The van der Waals surface area contributed by atoms with Crippen LogP contribution in [-0.4, -0.2) is 61.5 Å². The standard InChI is InChI=1S/C28H30F3N3OS/c29-28(30,31)23-7-4-6-21(16-23)26-20-34(27(35)17-25-10-5-15-36-25)19-22(26)18-32-11-13-33(14-12-32)24-8-2-1-3-9-24/h1-10,15-16,22,26H,11-14,17-20H2. The Morgan fingerprint density at radius 3 is 2.39 bits per heavy atom. The van der Waals surface area contributed by atoms with Crippen molar-refractivity contribution in [3.05, 3.63) is 88.1 Å². The summed E-state index contributed by atoms with van der Waals surface area (Å²) in [6, 6.07) is 19.9. The summed E-state index contributed by atoms with van der Waals surface area (Å²) in [5, 5.41) is 1.95. The Morgan fingerprint density at radius 1 is 0.917 bits per heavy atom. The lowest BCUT2D eigenvalue weighted by Crippen LogP contribution is -2.48. The van der Waals surface area contributed by atoms with Gasteiger partial charge in [-0.15, -0.1) is 11.3 Å². The Kier molecular flexibility index (Phi) is 7.34. The first-order valence-electron chi connectivity index (χ1n) is 12.4. The highest BCUT2D eigenvalue weighted by Gasteiger charge is 2.39. The van der Waals surface area contributed by atoms with Crippen LogP contribution in [0.15, 0.2) is 72.1 Å². The number of carbonyl (C=O) groups excluding carboxylic acids is 1. The second-order valence-electron chi connectivity index (χ2n) is 9.67. The van der Waals surface area contributed by atoms with E-state index in [1.54, 1.807) is 17.4 Å². The molecular weight excluding hydrogens is 483 g/mol. The van der Waals surface area contributed by atoms with Gasteiger partial charge in [0, 0.05) is 62.3 Å². The Morgan fingerprint density at radius 2 is 1.69 bits per heavy atom. The van der Waals surface area contributed by atoms with E-state index < -0.39 is 11.7 Å². The van der Waals surface area contributed by atoms with Gasteiger partial charge in [-0.2, -0.15) is 13.2 Å². The molecular formula is C28H30F3N3OS. The van der Waals surface area contributed by atoms with Crippen molar-refractivity contribution in [2.24, 2.45) is 5.92 Å². The number of thiophene rings is 1. The van der Waals surface area contributed by atoms with Gasteiger partial charge in [0.25, 0.3) is 0 Å². The summed E-state index contributed by atoms with van der Waals surface area (Å²) in [7, 11) is 0. The van der Waals surface area contributed by atoms with Gasteiger partial charge in [-0.05, 0) is 41.1 Å². The van der Waals surface area contributed by atoms with E-state index >= 15 is 0 Å². The van der Waals surface area contributed by atoms with Crippen molar-refractivity contribution < 1.29 is 18.0 Å². The summed E-state index contributed by atoms with van der Waals surface area (Å²) < 4.78 is 40.3. The number of amides is 1. The lowest BCUT2D eigenvalue weighted by Gasteiger charge is -2.38. The Labute approximate surface area is 213 Å². The average Bonchev–Trinajstić information content (AvgIpc) is 3.55. The Hall–Kier alpha value is -2.84. The first kappa shape index (κ1) is 24.8. The number of rotatable bonds is 6. The second kappa shape index (κ2) is 10.6. The molecule has 3 heterocycles. The minimum atomic E-state index is -4.38. The third-order valence-electron chi connectivity index (χ3n) is 7.33. The predicted molar refractivity (Wildman–Crippen MR) is 137 cm³/mol. The largest absolute Gasteiger partial charge is 0.416 e. The zero-order valence-corrected chi connectivity index (χ0v) is 20.8. The summed E-state index contributed by atoms with van der Waals surface area (Å²) in [5.41, 5.74) is 1.26. The van der Waals surface area contributed by atoms with E-state index in [-0.39, 0.29) is 17.7 Å². The molecule has 4 nitrogen and oxygen atoms in total. The molecule has 3 aromatic rings. The van der Waals surface area contributed by atoms with Crippen LogP contribution in [0.1, 0.15) is 21.9 Å². The number of hydrogen-bond donors (Lipinski definition) is 0. The molecule has 5 rings (SSSR count). The van der Waals surface area contributed by atoms with Gasteiger partial charge in [0.15, 0.2) is 0 Å². The smallest absolute Gasteiger partial charge is 0.369 e. The number of alkyl halides is 3. The molecule has 0 spiro atoms. The molecule has 0 N–H and O–H groups in total. The number of carbonyl (C=O) groups is 1. The number of hydrogen-bond acceptors (Lipinski definition) is 4. The van der Waals surface area contributed by atoms with Crippen LogP contribution in [0.3, 0.4) is 0 Å². The number of benzene rings is 2. The van der Waals surface area contributed by atoms with Gasteiger partial charge < -0.3 is 9.80 Å². The number of likely N-dealkylation sites (tertiary alicyclic amines) is 1. The maximum Gasteiger partial charge on any atom is 0.416 e. The van der Waals surface area contributed by atoms with Crippen LogP contribution >= 0.6 is 11.3 Å². The molecule has 2 unspecified atom stereocenters. The van der Waals surface area contributed by atoms with Gasteiger partial charge in [-0.25, -0.2) is 0 Å². The van der Waals surface area contributed by atoms with Crippen LogP contribution in [-0.2, 0) is 17.4 Å². The van der Waals surface area contributed by atoms with Crippen molar-refractivity contribution in [2.45, 2.75) is 18.5 Å². The molecule has 2 aliphatic heterocycles. The fraction of sp³-hybridized carbons (Fsp3) is 0.393. The fourth-order valence-corrected chi connectivity index (χ4v) is 6.11. The number of para-hydroxylation sites is 1. The molecule has 2 fully saturated rings. The van der Waals surface area contributed by atoms with Crippen LogP contribution in [0.5, 0.6) is 0 Å². The monoisotopic (exact) mass is 513 g/mol. The second-order valence-corrected chi connectivity index (χ2v) is 10.7. The third kappa shape index (κ3) is 5.76. The number of halogens is 3. The molecule has 0 aliphatic carbocycles. The lowest BCUT2D eigenvalue weighted by atomic mass is 9.87. The molecule has 1 amide bonds. The van der Waals surface area contributed by atoms with Crippen molar-refractivity contribution in [3.8, 4) is 0 Å². The molecule has 190 valence electrons. The number of anilines is 1. The average molecular weight is 514 g/mol. The van der Waals surface area contributed by atoms with Gasteiger partial charge in [0.1, 0.15) is 0 Å². The summed E-state index contributed by atoms with van der Waals surface area (Å²) in [6.45, 7) is 5.40. The molecule has 36 heavy (non-hydrogen) atoms. The van der Waals surface area contributed by atoms with Gasteiger partial charge in [-0.1, -0.05) is 42.5 Å². The third-order valence-corrected chi connectivity index (χ3v) is 8.20. The number of piperazine rings is 1. The topological polar surface area (TPSA) is 26.8 Å². The highest BCUT2D eigenvalue weighted by molar-refractivity contribution is 7.10. The molecule has 2 atom stereocenters. The molecule has 0 radical (unpaired) electrons. The van der Waals surface area contributed by atoms with Gasteiger partial charge in [0.05, 0.1) is 12.0 Å². The maximum atomic E-state index is 13.4. The minimum absolute atomic E-state index is 0.0471. The molecule has 1 aromatic heterocycles. The molecule has 2 aliphatic rings. The van der Waals surface area contributed by atoms with Crippen LogP contribution in [0.4, 0.5) is 18.9 Å².